The number of hydrogen-bond donors (Lipinski definition) is 2. The van der Waals surface area contributed by atoms with Crippen molar-refractivity contribution in [2.75, 3.05) is 53.3 Å². The van der Waals surface area contributed by atoms with E-state index in [1.54, 1.807) is 41.3 Å². The molecule has 3 aliphatic heterocycles. The number of aryl methyl sites for hydroxylation is 1. The molecule has 3 aliphatic rings. The number of ether oxygens (including phenoxy) is 1. The van der Waals surface area contributed by atoms with Crippen LogP contribution in [-0.2, 0) is 11.2 Å². The van der Waals surface area contributed by atoms with Crippen molar-refractivity contribution in [3.8, 4) is 10.4 Å². The van der Waals surface area contributed by atoms with Gasteiger partial charge in [-0.25, -0.2) is 13.8 Å². The Morgan fingerprint density at radius 3 is 2.44 bits per heavy atom. The predicted molar refractivity (Wildman–Crippen MR) is 198 cm³/mol. The molecule has 2 fully saturated rings. The van der Waals surface area contributed by atoms with Gasteiger partial charge in [0.15, 0.2) is 11.6 Å². The quantitative estimate of drug-likeness (QED) is 0.186. The topological polar surface area (TPSA) is 104 Å². The standard InChI is InChI=1S/C40H35F2N5O4S/c1-24-4-10-30(32(19-24)46-22-40(23-46)13-17-51-18-14-40)37(48)44-28-8-5-25(6-9-28)39(50)47-16-12-26-20-34(38(49)45-36-31(42)3-2-15-43-36)52-35(26)29-11-7-27(41)21-33(29)47/h2-11,15,19-21H,12-14,16-18,22-23H2,1H3,(H,44,48)(H,43,45,49). The number of thiophene rings is 1. The first-order chi connectivity index (χ1) is 25.2. The fraction of sp³-hybridized carbons (Fsp3) is 0.250. The highest BCUT2D eigenvalue weighted by Crippen LogP contribution is 2.44. The van der Waals surface area contributed by atoms with Crippen LogP contribution in [0.2, 0.25) is 0 Å². The van der Waals surface area contributed by atoms with Crippen molar-refractivity contribution in [3.63, 3.8) is 0 Å². The summed E-state index contributed by atoms with van der Waals surface area (Å²) in [7, 11) is 0. The first-order valence-electron chi connectivity index (χ1n) is 17.2. The monoisotopic (exact) mass is 719 g/mol. The van der Waals surface area contributed by atoms with Gasteiger partial charge in [-0.2, -0.15) is 0 Å². The van der Waals surface area contributed by atoms with Crippen molar-refractivity contribution in [2.45, 2.75) is 26.2 Å². The lowest BCUT2D eigenvalue weighted by molar-refractivity contribution is -0.000249. The Bertz CT molecular complexity index is 2210. The summed E-state index contributed by atoms with van der Waals surface area (Å²) >= 11 is 1.19. The number of nitrogens with one attached hydrogen (secondary N) is 2. The van der Waals surface area contributed by atoms with Gasteiger partial charge in [0, 0.05) is 71.8 Å². The third kappa shape index (κ3) is 6.44. The lowest BCUT2D eigenvalue weighted by Gasteiger charge is -2.53. The van der Waals surface area contributed by atoms with E-state index in [0.29, 0.717) is 39.4 Å². The summed E-state index contributed by atoms with van der Waals surface area (Å²) < 4.78 is 34.4. The number of halogens is 2. The first-order valence-corrected chi connectivity index (χ1v) is 18.0. The molecule has 3 amide bonds. The maximum Gasteiger partial charge on any atom is 0.266 e. The molecule has 2 N–H and O–H groups in total. The molecule has 5 aromatic rings. The summed E-state index contributed by atoms with van der Waals surface area (Å²) in [5.74, 6) is -2.40. The summed E-state index contributed by atoms with van der Waals surface area (Å²) in [5.41, 5.74) is 5.55. The third-order valence-corrected chi connectivity index (χ3v) is 11.3. The number of carbonyl (C=O) groups is 3. The van der Waals surface area contributed by atoms with Gasteiger partial charge in [-0.05, 0) is 110 Å². The van der Waals surface area contributed by atoms with Crippen molar-refractivity contribution in [1.82, 2.24) is 4.98 Å². The predicted octanol–water partition coefficient (Wildman–Crippen LogP) is 7.72. The van der Waals surface area contributed by atoms with E-state index in [-0.39, 0.29) is 29.6 Å². The molecule has 0 radical (unpaired) electrons. The fourth-order valence-corrected chi connectivity index (χ4v) is 8.42. The number of nitrogens with zero attached hydrogens (tertiary/aromatic N) is 3. The van der Waals surface area contributed by atoms with Crippen molar-refractivity contribution >= 4 is 51.9 Å². The molecule has 264 valence electrons. The average Bonchev–Trinajstić information content (AvgIpc) is 3.50. The van der Waals surface area contributed by atoms with Crippen molar-refractivity contribution < 1.29 is 27.9 Å². The van der Waals surface area contributed by atoms with Crippen LogP contribution in [0.1, 0.15) is 54.4 Å². The Kier molecular flexibility index (Phi) is 8.80. The Morgan fingerprint density at radius 1 is 0.885 bits per heavy atom. The molecule has 52 heavy (non-hydrogen) atoms. The molecule has 3 aromatic carbocycles. The minimum absolute atomic E-state index is 0.170. The normalized spacial score (nSPS) is 16.0. The average molecular weight is 720 g/mol. The van der Waals surface area contributed by atoms with E-state index in [0.717, 1.165) is 60.8 Å². The number of benzene rings is 3. The molecule has 0 atom stereocenters. The number of hydrogen-bond acceptors (Lipinski definition) is 7. The number of aromatic nitrogens is 1. The van der Waals surface area contributed by atoms with Crippen molar-refractivity contribution in [2.24, 2.45) is 5.41 Å². The van der Waals surface area contributed by atoms with Crippen molar-refractivity contribution in [3.05, 3.63) is 124 Å². The minimum atomic E-state index is -0.648. The second-order valence-corrected chi connectivity index (χ2v) is 14.7. The summed E-state index contributed by atoms with van der Waals surface area (Å²) in [6.07, 6.45) is 3.85. The molecule has 8 rings (SSSR count). The summed E-state index contributed by atoms with van der Waals surface area (Å²) in [6, 6.07) is 21.1. The third-order valence-electron chi connectivity index (χ3n) is 10.1. The maximum absolute atomic E-state index is 14.7. The van der Waals surface area contributed by atoms with Gasteiger partial charge < -0.3 is 25.2 Å². The van der Waals surface area contributed by atoms with Gasteiger partial charge in [0.2, 0.25) is 0 Å². The van der Waals surface area contributed by atoms with Crippen LogP contribution in [0.3, 0.4) is 0 Å². The van der Waals surface area contributed by atoms with Gasteiger partial charge in [0.25, 0.3) is 17.7 Å². The number of carbonyl (C=O) groups excluding carboxylic acids is 3. The Balaban J connectivity index is 0.987. The molecule has 0 saturated carbocycles. The summed E-state index contributed by atoms with van der Waals surface area (Å²) in [5, 5.41) is 5.51. The fourth-order valence-electron chi connectivity index (χ4n) is 7.29. The molecule has 1 spiro atoms. The van der Waals surface area contributed by atoms with Crippen LogP contribution in [0, 0.1) is 24.0 Å². The second-order valence-electron chi connectivity index (χ2n) is 13.6. The summed E-state index contributed by atoms with van der Waals surface area (Å²) in [4.78, 5) is 49.4. The second kappa shape index (κ2) is 13.6. The zero-order valence-electron chi connectivity index (χ0n) is 28.4. The van der Waals surface area contributed by atoms with Crippen LogP contribution in [0.5, 0.6) is 0 Å². The van der Waals surface area contributed by atoms with E-state index in [1.807, 2.05) is 19.1 Å². The molecule has 2 aromatic heterocycles. The molecule has 5 heterocycles. The zero-order valence-corrected chi connectivity index (χ0v) is 29.2. The van der Waals surface area contributed by atoms with E-state index < -0.39 is 17.5 Å². The van der Waals surface area contributed by atoms with E-state index in [4.69, 9.17) is 4.74 Å². The van der Waals surface area contributed by atoms with Gasteiger partial charge in [-0.3, -0.25) is 14.4 Å². The molecule has 12 heteroatoms. The SMILES string of the molecule is Cc1ccc(C(=O)Nc2ccc(C(=O)N3CCc4cc(C(=O)Nc5ncccc5F)sc4-c4ccc(F)cc43)cc2)c(N2CC3(CCOCC3)C2)c1. The van der Waals surface area contributed by atoms with Crippen molar-refractivity contribution in [1.29, 1.82) is 0 Å². The lowest BCUT2D eigenvalue weighted by Crippen LogP contribution is -2.59. The zero-order chi connectivity index (χ0) is 36.0. The van der Waals surface area contributed by atoms with E-state index in [1.165, 1.54) is 41.8 Å². The number of anilines is 4. The smallest absolute Gasteiger partial charge is 0.266 e. The Labute approximate surface area is 303 Å². The van der Waals surface area contributed by atoms with Crippen LogP contribution in [0.4, 0.5) is 31.7 Å². The Morgan fingerprint density at radius 2 is 1.67 bits per heavy atom. The molecule has 0 aliphatic carbocycles. The van der Waals surface area contributed by atoms with E-state index in [9.17, 15) is 23.2 Å². The lowest BCUT2D eigenvalue weighted by atomic mass is 9.73. The number of rotatable bonds is 6. The molecule has 9 nitrogen and oxygen atoms in total. The van der Waals surface area contributed by atoms with Crippen LogP contribution >= 0.6 is 11.3 Å². The molecular formula is C40H35F2N5O4S. The van der Waals surface area contributed by atoms with Crippen LogP contribution in [0.25, 0.3) is 10.4 Å². The molecule has 2 saturated heterocycles. The number of pyridine rings is 1. The van der Waals surface area contributed by atoms with Crippen LogP contribution in [0.15, 0.2) is 85.1 Å². The minimum Gasteiger partial charge on any atom is -0.381 e. The number of amides is 3. The number of fused-ring (bicyclic) bond motifs is 3. The van der Waals surface area contributed by atoms with Gasteiger partial charge >= 0.3 is 0 Å². The summed E-state index contributed by atoms with van der Waals surface area (Å²) in [6.45, 7) is 5.61. The van der Waals surface area contributed by atoms with Gasteiger partial charge in [-0.15, -0.1) is 11.3 Å². The van der Waals surface area contributed by atoms with Gasteiger partial charge in [-0.1, -0.05) is 6.07 Å². The maximum atomic E-state index is 14.7. The molecular weight excluding hydrogens is 685 g/mol. The highest BCUT2D eigenvalue weighted by atomic mass is 32.1. The molecule has 0 unspecified atom stereocenters. The van der Waals surface area contributed by atoms with Crippen LogP contribution in [-0.4, -0.2) is 55.6 Å². The van der Waals surface area contributed by atoms with Gasteiger partial charge in [0.1, 0.15) is 5.82 Å². The largest absolute Gasteiger partial charge is 0.381 e. The molecule has 0 bridgehead atoms. The van der Waals surface area contributed by atoms with E-state index >= 15 is 0 Å². The van der Waals surface area contributed by atoms with E-state index in [2.05, 4.69) is 26.6 Å². The van der Waals surface area contributed by atoms with Gasteiger partial charge in [0.05, 0.1) is 16.1 Å². The highest BCUT2D eigenvalue weighted by Gasteiger charge is 2.44. The Hall–Kier alpha value is -5.46. The first kappa shape index (κ1) is 33.7. The van der Waals surface area contributed by atoms with Crippen LogP contribution < -0.4 is 20.4 Å². The highest BCUT2D eigenvalue weighted by molar-refractivity contribution is 7.17.